The SMILES string of the molecule is Cc1ccc(S(=O)(=O)NC23CC2C2NC3C3CC32C(N)=O)cc1-c1cnc2c(N)ncnn12. The van der Waals surface area contributed by atoms with Crippen molar-refractivity contribution in [2.24, 2.45) is 23.0 Å². The molecule has 6 N–H and O–H groups in total. The monoisotopic (exact) mass is 466 g/mol. The van der Waals surface area contributed by atoms with Gasteiger partial charge in [-0.2, -0.15) is 5.10 Å². The van der Waals surface area contributed by atoms with Gasteiger partial charge in [0.1, 0.15) is 6.33 Å². The number of piperidine rings is 2. The summed E-state index contributed by atoms with van der Waals surface area (Å²) >= 11 is 0. The van der Waals surface area contributed by atoms with Gasteiger partial charge < -0.3 is 16.8 Å². The molecular weight excluding hydrogens is 444 g/mol. The first-order valence-corrected chi connectivity index (χ1v) is 12.3. The fourth-order valence-electron chi connectivity index (χ4n) is 6.59. The van der Waals surface area contributed by atoms with E-state index in [1.165, 1.54) is 6.33 Å². The van der Waals surface area contributed by atoms with E-state index < -0.39 is 21.0 Å². The minimum atomic E-state index is -3.81. The molecule has 1 amide bonds. The second-order valence-corrected chi connectivity index (χ2v) is 11.5. The van der Waals surface area contributed by atoms with E-state index in [0.717, 1.165) is 18.4 Å². The van der Waals surface area contributed by atoms with Crippen LogP contribution in [0.4, 0.5) is 5.82 Å². The Bertz CT molecular complexity index is 1500. The molecule has 3 aromatic rings. The second-order valence-electron chi connectivity index (χ2n) is 9.79. The van der Waals surface area contributed by atoms with E-state index in [1.807, 2.05) is 6.92 Å². The first-order valence-electron chi connectivity index (χ1n) is 10.8. The minimum absolute atomic E-state index is 0.0374. The van der Waals surface area contributed by atoms with Crippen molar-refractivity contribution < 1.29 is 13.2 Å². The predicted octanol–water partition coefficient (Wildman–Crippen LogP) is -0.435. The maximum atomic E-state index is 13.5. The van der Waals surface area contributed by atoms with Crippen molar-refractivity contribution in [3.63, 3.8) is 0 Å². The Morgan fingerprint density at radius 2 is 2.06 bits per heavy atom. The first kappa shape index (κ1) is 19.4. The summed E-state index contributed by atoms with van der Waals surface area (Å²) in [6.45, 7) is 1.90. The number of nitrogens with zero attached hydrogens (tertiary/aromatic N) is 4. The predicted molar refractivity (Wildman–Crippen MR) is 117 cm³/mol. The van der Waals surface area contributed by atoms with Crippen LogP contribution in [0.25, 0.3) is 16.9 Å². The molecular formula is C21H22N8O3S. The third-order valence-corrected chi connectivity index (χ3v) is 9.82. The van der Waals surface area contributed by atoms with Crippen LogP contribution < -0.4 is 21.5 Å². The largest absolute Gasteiger partial charge is 0.381 e. The fourth-order valence-corrected chi connectivity index (χ4v) is 8.09. The van der Waals surface area contributed by atoms with Gasteiger partial charge >= 0.3 is 0 Å². The summed E-state index contributed by atoms with van der Waals surface area (Å²) in [4.78, 5) is 20.5. The topological polar surface area (TPSA) is 170 Å². The zero-order valence-corrected chi connectivity index (χ0v) is 18.5. The first-order chi connectivity index (χ1) is 15.7. The number of benzene rings is 1. The number of anilines is 1. The maximum absolute atomic E-state index is 13.5. The maximum Gasteiger partial charge on any atom is 0.241 e. The number of carbonyl (C=O) groups excluding carboxylic acids is 1. The Labute approximate surface area is 189 Å². The van der Waals surface area contributed by atoms with Gasteiger partial charge in [-0.15, -0.1) is 0 Å². The van der Waals surface area contributed by atoms with E-state index in [-0.39, 0.29) is 40.5 Å². The van der Waals surface area contributed by atoms with Crippen LogP contribution in [-0.4, -0.2) is 51.5 Å². The van der Waals surface area contributed by atoms with Gasteiger partial charge in [0.05, 0.1) is 27.7 Å². The lowest BCUT2D eigenvalue weighted by Gasteiger charge is -2.25. The molecule has 4 heterocycles. The molecule has 2 saturated heterocycles. The molecule has 0 radical (unpaired) electrons. The Hall–Kier alpha value is -3.09. The van der Waals surface area contributed by atoms with Crippen molar-refractivity contribution in [1.29, 1.82) is 0 Å². The van der Waals surface area contributed by atoms with Crippen LogP contribution in [0, 0.1) is 24.2 Å². The number of amides is 1. The van der Waals surface area contributed by atoms with Crippen molar-refractivity contribution in [2.45, 2.75) is 42.3 Å². The van der Waals surface area contributed by atoms with Gasteiger partial charge in [0.2, 0.25) is 15.9 Å². The molecule has 4 fully saturated rings. The number of nitrogens with two attached hydrogens (primary N) is 2. The molecule has 7 rings (SSSR count). The van der Waals surface area contributed by atoms with Gasteiger partial charge in [0.15, 0.2) is 11.5 Å². The third-order valence-electron chi connectivity index (χ3n) is 8.30. The number of aromatic nitrogens is 4. The van der Waals surface area contributed by atoms with Gasteiger partial charge in [-0.05, 0) is 49.3 Å². The summed E-state index contributed by atoms with van der Waals surface area (Å²) in [5, 5.41) is 7.69. The molecule has 2 bridgehead atoms. The number of hydrogen-bond donors (Lipinski definition) is 4. The quantitative estimate of drug-likeness (QED) is 0.392. The normalized spacial score (nSPS) is 35.4. The average Bonchev–Trinajstić information content (AvgIpc) is 3.56. The van der Waals surface area contributed by atoms with E-state index in [2.05, 4.69) is 25.1 Å². The fraction of sp³-hybridized carbons (Fsp3) is 0.429. The molecule has 12 heteroatoms. The van der Waals surface area contributed by atoms with Crippen molar-refractivity contribution >= 4 is 27.4 Å². The van der Waals surface area contributed by atoms with Crippen LogP contribution in [0.3, 0.4) is 0 Å². The van der Waals surface area contributed by atoms with Crippen LogP contribution in [0.5, 0.6) is 0 Å². The second kappa shape index (κ2) is 5.69. The lowest BCUT2D eigenvalue weighted by atomic mass is 9.85. The van der Waals surface area contributed by atoms with Gasteiger partial charge in [-0.25, -0.2) is 27.6 Å². The standard InChI is InChI=1S/C21H22N8O3S/c1-9-2-3-10(4-11(9)14-7-24-18-17(22)25-8-26-29(14)18)33(31,32)28-21-6-13(21)15-20(19(23)30)5-12(20)16(21)27-15/h2-4,7-8,12-13,15-16,27-28H,5-6H2,1H3,(H2,23,30)(H2,22,25,26). The number of imidazole rings is 1. The van der Waals surface area contributed by atoms with Gasteiger partial charge in [0.25, 0.3) is 0 Å². The molecule has 6 atom stereocenters. The number of primary amides is 1. The number of sulfonamides is 1. The number of rotatable bonds is 5. The van der Waals surface area contributed by atoms with Crippen LogP contribution in [0.1, 0.15) is 18.4 Å². The Balaban J connectivity index is 1.24. The summed E-state index contributed by atoms with van der Waals surface area (Å²) in [5.41, 5.74) is 13.2. The lowest BCUT2D eigenvalue weighted by Crippen LogP contribution is -2.49. The smallest absolute Gasteiger partial charge is 0.241 e. The van der Waals surface area contributed by atoms with Gasteiger partial charge in [0, 0.05) is 17.6 Å². The minimum Gasteiger partial charge on any atom is -0.381 e. The molecule has 2 saturated carbocycles. The highest BCUT2D eigenvalue weighted by atomic mass is 32.2. The number of carbonyl (C=O) groups is 1. The van der Waals surface area contributed by atoms with Gasteiger partial charge in [-0.1, -0.05) is 6.07 Å². The molecule has 2 aromatic heterocycles. The summed E-state index contributed by atoms with van der Waals surface area (Å²) in [6, 6.07) is 4.92. The van der Waals surface area contributed by atoms with E-state index in [9.17, 15) is 13.2 Å². The number of nitrogens with one attached hydrogen (secondary N) is 2. The highest BCUT2D eigenvalue weighted by Gasteiger charge is 2.87. The molecule has 1 aromatic carbocycles. The van der Waals surface area contributed by atoms with Crippen LogP contribution in [0.15, 0.2) is 35.6 Å². The van der Waals surface area contributed by atoms with Crippen LogP contribution in [0.2, 0.25) is 0 Å². The highest BCUT2D eigenvalue weighted by Crippen LogP contribution is 2.76. The molecule has 2 aliphatic carbocycles. The molecule has 4 aliphatic rings. The molecule has 170 valence electrons. The van der Waals surface area contributed by atoms with E-state index >= 15 is 0 Å². The number of fused-ring (bicyclic) bond motifs is 9. The third kappa shape index (κ3) is 2.23. The lowest BCUT2D eigenvalue weighted by molar-refractivity contribution is -0.124. The Morgan fingerprint density at radius 1 is 1.24 bits per heavy atom. The molecule has 33 heavy (non-hydrogen) atoms. The zero-order chi connectivity index (χ0) is 22.9. The molecule has 2 aliphatic heterocycles. The van der Waals surface area contributed by atoms with Crippen LogP contribution in [-0.2, 0) is 14.8 Å². The van der Waals surface area contributed by atoms with Crippen molar-refractivity contribution in [2.75, 3.05) is 5.73 Å². The Kier molecular flexibility index (Phi) is 3.34. The molecule has 0 spiro atoms. The van der Waals surface area contributed by atoms with Crippen molar-refractivity contribution in [3.8, 4) is 11.3 Å². The number of nitrogen functional groups attached to an aromatic ring is 1. The highest BCUT2D eigenvalue weighted by molar-refractivity contribution is 7.89. The Morgan fingerprint density at radius 3 is 2.85 bits per heavy atom. The average molecular weight is 467 g/mol. The summed E-state index contributed by atoms with van der Waals surface area (Å²) in [6.07, 6.45) is 4.42. The van der Waals surface area contributed by atoms with E-state index in [4.69, 9.17) is 11.5 Å². The van der Waals surface area contributed by atoms with E-state index in [0.29, 0.717) is 16.9 Å². The molecule has 6 unspecified atom stereocenters. The summed E-state index contributed by atoms with van der Waals surface area (Å²) in [7, 11) is -3.81. The number of aryl methyl sites for hydroxylation is 1. The zero-order valence-electron chi connectivity index (χ0n) is 17.7. The van der Waals surface area contributed by atoms with Gasteiger partial charge in [-0.3, -0.25) is 4.79 Å². The van der Waals surface area contributed by atoms with Crippen molar-refractivity contribution in [1.82, 2.24) is 29.6 Å². The summed E-state index contributed by atoms with van der Waals surface area (Å²) < 4.78 is 31.5. The van der Waals surface area contributed by atoms with E-state index in [1.54, 1.807) is 28.9 Å². The van der Waals surface area contributed by atoms with Crippen LogP contribution >= 0.6 is 0 Å². The van der Waals surface area contributed by atoms with Crippen molar-refractivity contribution in [3.05, 3.63) is 36.3 Å². The molecule has 11 nitrogen and oxygen atoms in total. The number of hydrogen-bond acceptors (Lipinski definition) is 8. The summed E-state index contributed by atoms with van der Waals surface area (Å²) in [5.74, 6) is 0.177.